The van der Waals surface area contributed by atoms with Crippen LogP contribution in [-0.4, -0.2) is 23.1 Å². The third-order valence-electron chi connectivity index (χ3n) is 3.42. The summed E-state index contributed by atoms with van der Waals surface area (Å²) in [6, 6.07) is 6.11. The van der Waals surface area contributed by atoms with Crippen molar-refractivity contribution in [2.24, 2.45) is 0 Å². The number of nitrogens with zero attached hydrogens (tertiary/aromatic N) is 2. The van der Waals surface area contributed by atoms with Crippen molar-refractivity contribution in [3.8, 4) is 0 Å². The van der Waals surface area contributed by atoms with E-state index >= 15 is 0 Å². The van der Waals surface area contributed by atoms with Gasteiger partial charge in [0.1, 0.15) is 23.2 Å². The molecule has 2 aromatic heterocycles. The molecule has 1 unspecified atom stereocenters. The zero-order valence-electron chi connectivity index (χ0n) is 11.9. The lowest BCUT2D eigenvalue weighted by Gasteiger charge is -2.15. The van der Waals surface area contributed by atoms with Gasteiger partial charge in [0.05, 0.1) is 6.26 Å². The highest BCUT2D eigenvalue weighted by Crippen LogP contribution is 2.38. The number of hydrogen-bond acceptors (Lipinski definition) is 5. The molecule has 2 aromatic rings. The van der Waals surface area contributed by atoms with Crippen LogP contribution in [-0.2, 0) is 6.42 Å². The number of hydrogen-bond donors (Lipinski definition) is 2. The minimum Gasteiger partial charge on any atom is -0.469 e. The van der Waals surface area contributed by atoms with E-state index in [0.717, 1.165) is 29.6 Å². The number of nitrogens with one attached hydrogen (secondary N) is 2. The molecule has 1 saturated carbocycles. The summed E-state index contributed by atoms with van der Waals surface area (Å²) in [5, 5.41) is 6.53. The minimum absolute atomic E-state index is 0.257. The van der Waals surface area contributed by atoms with Crippen molar-refractivity contribution in [2.75, 3.05) is 17.7 Å². The molecule has 1 fully saturated rings. The molecular weight excluding hydrogens is 252 g/mol. The molecule has 0 amide bonds. The monoisotopic (exact) mass is 272 g/mol. The summed E-state index contributed by atoms with van der Waals surface area (Å²) in [7, 11) is 1.88. The highest BCUT2D eigenvalue weighted by Gasteiger charge is 2.27. The van der Waals surface area contributed by atoms with Gasteiger partial charge in [-0.3, -0.25) is 0 Å². The fraction of sp³-hybridized carbons (Fsp3) is 0.467. The molecule has 0 aliphatic heterocycles. The lowest BCUT2D eigenvalue weighted by atomic mass is 10.2. The summed E-state index contributed by atoms with van der Waals surface area (Å²) >= 11 is 0. The normalized spacial score (nSPS) is 15.9. The number of rotatable bonds is 6. The van der Waals surface area contributed by atoms with Crippen molar-refractivity contribution in [3.63, 3.8) is 0 Å². The maximum Gasteiger partial charge on any atom is 0.136 e. The lowest BCUT2D eigenvalue weighted by molar-refractivity contribution is 0.497. The first-order valence-electron chi connectivity index (χ1n) is 7.10. The third-order valence-corrected chi connectivity index (χ3v) is 3.42. The molecule has 5 nitrogen and oxygen atoms in total. The Morgan fingerprint density at radius 2 is 2.15 bits per heavy atom. The maximum atomic E-state index is 5.37. The van der Waals surface area contributed by atoms with Gasteiger partial charge in [-0.1, -0.05) is 0 Å². The maximum absolute atomic E-state index is 5.37. The van der Waals surface area contributed by atoms with E-state index < -0.39 is 0 Å². The lowest BCUT2D eigenvalue weighted by Crippen LogP contribution is -2.19. The second kappa shape index (κ2) is 5.53. The van der Waals surface area contributed by atoms with E-state index in [0.29, 0.717) is 5.92 Å². The molecule has 0 radical (unpaired) electrons. The second-order valence-corrected chi connectivity index (χ2v) is 5.35. The van der Waals surface area contributed by atoms with Crippen molar-refractivity contribution in [2.45, 2.75) is 38.1 Å². The molecule has 0 bridgehead atoms. The first kappa shape index (κ1) is 13.0. The zero-order chi connectivity index (χ0) is 13.9. The molecule has 0 saturated heterocycles. The SMILES string of the molecule is CNc1cc(NC(C)Cc2ccco2)nc(C2CC2)n1. The van der Waals surface area contributed by atoms with Crippen LogP contribution in [0.5, 0.6) is 0 Å². The zero-order valence-corrected chi connectivity index (χ0v) is 11.9. The highest BCUT2D eigenvalue weighted by atomic mass is 16.3. The van der Waals surface area contributed by atoms with E-state index in [1.807, 2.05) is 25.2 Å². The van der Waals surface area contributed by atoms with Crippen LogP contribution >= 0.6 is 0 Å². The number of aromatic nitrogens is 2. The van der Waals surface area contributed by atoms with Crippen LogP contribution in [0.2, 0.25) is 0 Å². The number of furan rings is 1. The van der Waals surface area contributed by atoms with Crippen molar-refractivity contribution in [1.82, 2.24) is 9.97 Å². The van der Waals surface area contributed by atoms with Crippen LogP contribution < -0.4 is 10.6 Å². The van der Waals surface area contributed by atoms with E-state index in [1.54, 1.807) is 6.26 Å². The molecule has 20 heavy (non-hydrogen) atoms. The largest absolute Gasteiger partial charge is 0.469 e. The van der Waals surface area contributed by atoms with Crippen LogP contribution in [0.4, 0.5) is 11.6 Å². The summed E-state index contributed by atoms with van der Waals surface area (Å²) in [6.07, 6.45) is 4.95. The number of anilines is 2. The standard InChI is InChI=1S/C15H20N4O/c1-10(8-12-4-3-7-20-12)17-14-9-13(16-2)18-15(19-14)11-5-6-11/h3-4,7,9-11H,5-6,8H2,1-2H3,(H2,16,17,18,19). The van der Waals surface area contributed by atoms with E-state index in [4.69, 9.17) is 4.42 Å². The Kier molecular flexibility index (Phi) is 3.58. The van der Waals surface area contributed by atoms with E-state index in [9.17, 15) is 0 Å². The smallest absolute Gasteiger partial charge is 0.136 e. The first-order valence-corrected chi connectivity index (χ1v) is 7.10. The van der Waals surface area contributed by atoms with Gasteiger partial charge >= 0.3 is 0 Å². The Bertz CT molecular complexity index is 563. The molecular formula is C15H20N4O. The van der Waals surface area contributed by atoms with Gasteiger partial charge in [-0.15, -0.1) is 0 Å². The summed E-state index contributed by atoms with van der Waals surface area (Å²) in [6.45, 7) is 2.13. The quantitative estimate of drug-likeness (QED) is 0.846. The van der Waals surface area contributed by atoms with E-state index in [2.05, 4.69) is 27.5 Å². The van der Waals surface area contributed by atoms with Gasteiger partial charge in [0.2, 0.25) is 0 Å². The molecule has 2 N–H and O–H groups in total. The Morgan fingerprint density at radius 3 is 2.80 bits per heavy atom. The van der Waals surface area contributed by atoms with Crippen molar-refractivity contribution in [1.29, 1.82) is 0 Å². The molecule has 5 heteroatoms. The van der Waals surface area contributed by atoms with E-state index in [1.165, 1.54) is 12.8 Å². The summed E-state index contributed by atoms with van der Waals surface area (Å²) < 4.78 is 5.37. The molecule has 2 heterocycles. The van der Waals surface area contributed by atoms with Gasteiger partial charge in [-0.25, -0.2) is 9.97 Å². The average molecular weight is 272 g/mol. The molecule has 106 valence electrons. The van der Waals surface area contributed by atoms with Crippen molar-refractivity contribution in [3.05, 3.63) is 36.0 Å². The predicted molar refractivity (Wildman–Crippen MR) is 79.1 cm³/mol. The molecule has 0 aromatic carbocycles. The van der Waals surface area contributed by atoms with Gasteiger partial charge in [0.25, 0.3) is 0 Å². The molecule has 0 spiro atoms. The van der Waals surface area contributed by atoms with Gasteiger partial charge in [0.15, 0.2) is 0 Å². The van der Waals surface area contributed by atoms with Crippen LogP contribution in [0.1, 0.15) is 37.3 Å². The second-order valence-electron chi connectivity index (χ2n) is 5.35. The minimum atomic E-state index is 0.257. The first-order chi connectivity index (χ1) is 9.74. The predicted octanol–water partition coefficient (Wildman–Crippen LogP) is 3.03. The molecule has 3 rings (SSSR count). The third kappa shape index (κ3) is 3.10. The topological polar surface area (TPSA) is 63.0 Å². The van der Waals surface area contributed by atoms with Gasteiger partial charge in [-0.05, 0) is 31.9 Å². The summed E-state index contributed by atoms with van der Waals surface area (Å²) in [4.78, 5) is 9.14. The highest BCUT2D eigenvalue weighted by molar-refractivity contribution is 5.48. The Balaban J connectivity index is 1.70. The van der Waals surface area contributed by atoms with Gasteiger partial charge in [-0.2, -0.15) is 0 Å². The fourth-order valence-corrected chi connectivity index (χ4v) is 2.23. The van der Waals surface area contributed by atoms with Crippen LogP contribution in [0.15, 0.2) is 28.9 Å². The van der Waals surface area contributed by atoms with Gasteiger partial charge < -0.3 is 15.1 Å². The fourth-order valence-electron chi connectivity index (χ4n) is 2.23. The van der Waals surface area contributed by atoms with Crippen molar-refractivity contribution < 1.29 is 4.42 Å². The Hall–Kier alpha value is -2.04. The van der Waals surface area contributed by atoms with E-state index in [-0.39, 0.29) is 6.04 Å². The molecule has 1 atom stereocenters. The van der Waals surface area contributed by atoms with Crippen LogP contribution in [0.3, 0.4) is 0 Å². The van der Waals surface area contributed by atoms with Gasteiger partial charge in [0, 0.05) is 31.5 Å². The summed E-state index contributed by atoms with van der Waals surface area (Å²) in [5.74, 6) is 4.23. The molecule has 1 aliphatic carbocycles. The average Bonchev–Trinajstić information content (AvgIpc) is 3.17. The van der Waals surface area contributed by atoms with Crippen LogP contribution in [0, 0.1) is 0 Å². The summed E-state index contributed by atoms with van der Waals surface area (Å²) in [5.41, 5.74) is 0. The molecule has 1 aliphatic rings. The Morgan fingerprint density at radius 1 is 1.35 bits per heavy atom. The van der Waals surface area contributed by atoms with Crippen LogP contribution in [0.25, 0.3) is 0 Å². The Labute approximate surface area is 118 Å². The van der Waals surface area contributed by atoms with Crippen molar-refractivity contribution >= 4 is 11.6 Å².